The van der Waals surface area contributed by atoms with Crippen LogP contribution >= 0.6 is 0 Å². The van der Waals surface area contributed by atoms with Crippen molar-refractivity contribution in [1.82, 2.24) is 10.2 Å². The number of carbonyl (C=O) groups excluding carboxylic acids is 1. The smallest absolute Gasteiger partial charge is 0.326 e. The predicted molar refractivity (Wildman–Crippen MR) is 68.4 cm³/mol. The summed E-state index contributed by atoms with van der Waals surface area (Å²) in [6.07, 6.45) is 0.991. The highest BCUT2D eigenvalue weighted by Gasteiger charge is 2.20. The van der Waals surface area contributed by atoms with Gasteiger partial charge in [-0.1, -0.05) is 30.3 Å². The van der Waals surface area contributed by atoms with Crippen molar-refractivity contribution in [3.8, 4) is 0 Å². The fraction of sp³-hybridized carbons (Fsp3) is 0.385. The number of nitrogens with one attached hydrogen (secondary N) is 1. The summed E-state index contributed by atoms with van der Waals surface area (Å²) in [6, 6.07) is 8.34. The SMILES string of the molecule is CN(C)C(=O)N[C@@H](CCc1ccccc1)C(=O)O. The number of carboxylic acid groups (broad SMARTS) is 1. The maximum absolute atomic E-state index is 11.4. The van der Waals surface area contributed by atoms with Crippen molar-refractivity contribution in [3.05, 3.63) is 35.9 Å². The van der Waals surface area contributed by atoms with Gasteiger partial charge in [-0.15, -0.1) is 0 Å². The Hall–Kier alpha value is -2.04. The summed E-state index contributed by atoms with van der Waals surface area (Å²) in [4.78, 5) is 23.8. The van der Waals surface area contributed by atoms with Gasteiger partial charge in [0.05, 0.1) is 0 Å². The first kappa shape index (κ1) is 14.0. The lowest BCUT2D eigenvalue weighted by atomic mass is 10.1. The predicted octanol–water partition coefficient (Wildman–Crippen LogP) is 1.34. The normalized spacial score (nSPS) is 11.7. The second-order valence-corrected chi connectivity index (χ2v) is 4.26. The first-order chi connectivity index (χ1) is 8.50. The molecule has 0 aliphatic rings. The molecule has 98 valence electrons. The van der Waals surface area contributed by atoms with Gasteiger partial charge in [-0.25, -0.2) is 9.59 Å². The average molecular weight is 250 g/mol. The van der Waals surface area contributed by atoms with Gasteiger partial charge in [0, 0.05) is 14.1 Å². The fourth-order valence-corrected chi connectivity index (χ4v) is 1.49. The summed E-state index contributed by atoms with van der Waals surface area (Å²) in [5.74, 6) is -1.01. The monoisotopic (exact) mass is 250 g/mol. The molecule has 2 amide bonds. The lowest BCUT2D eigenvalue weighted by molar-refractivity contribution is -0.139. The van der Waals surface area contributed by atoms with Crippen molar-refractivity contribution in [2.45, 2.75) is 18.9 Å². The van der Waals surface area contributed by atoms with E-state index in [1.54, 1.807) is 14.1 Å². The number of hydrogen-bond donors (Lipinski definition) is 2. The molecule has 0 bridgehead atoms. The number of amides is 2. The van der Waals surface area contributed by atoms with Crippen LogP contribution in [0.25, 0.3) is 0 Å². The summed E-state index contributed by atoms with van der Waals surface area (Å²) in [6.45, 7) is 0. The molecule has 1 aromatic carbocycles. The molecule has 0 radical (unpaired) electrons. The summed E-state index contributed by atoms with van der Waals surface area (Å²) < 4.78 is 0. The maximum Gasteiger partial charge on any atom is 0.326 e. The highest BCUT2D eigenvalue weighted by Crippen LogP contribution is 2.05. The van der Waals surface area contributed by atoms with Crippen molar-refractivity contribution in [2.75, 3.05) is 14.1 Å². The quantitative estimate of drug-likeness (QED) is 0.828. The number of aliphatic carboxylic acids is 1. The lowest BCUT2D eigenvalue weighted by Gasteiger charge is -2.18. The first-order valence-electron chi connectivity index (χ1n) is 5.75. The van der Waals surface area contributed by atoms with Crippen LogP contribution in [-0.2, 0) is 11.2 Å². The van der Waals surface area contributed by atoms with E-state index < -0.39 is 18.0 Å². The Bertz CT molecular complexity index is 404. The van der Waals surface area contributed by atoms with Crippen LogP contribution in [0, 0.1) is 0 Å². The minimum Gasteiger partial charge on any atom is -0.480 e. The molecule has 0 heterocycles. The van der Waals surface area contributed by atoms with Crippen molar-refractivity contribution in [1.29, 1.82) is 0 Å². The third kappa shape index (κ3) is 4.45. The number of rotatable bonds is 5. The molecule has 1 atom stereocenters. The molecule has 0 saturated carbocycles. The highest BCUT2D eigenvalue weighted by molar-refractivity contribution is 5.82. The molecule has 18 heavy (non-hydrogen) atoms. The van der Waals surface area contributed by atoms with E-state index in [0.29, 0.717) is 12.8 Å². The molecule has 0 spiro atoms. The van der Waals surface area contributed by atoms with Crippen LogP contribution in [0.1, 0.15) is 12.0 Å². The molecule has 0 aromatic heterocycles. The van der Waals surface area contributed by atoms with Crippen LogP contribution in [-0.4, -0.2) is 42.1 Å². The number of urea groups is 1. The second-order valence-electron chi connectivity index (χ2n) is 4.26. The molecule has 0 fully saturated rings. The van der Waals surface area contributed by atoms with Crippen molar-refractivity contribution in [3.63, 3.8) is 0 Å². The molecule has 2 N–H and O–H groups in total. The molecule has 0 aliphatic heterocycles. The molecule has 0 unspecified atom stereocenters. The van der Waals surface area contributed by atoms with Gasteiger partial charge in [0.2, 0.25) is 0 Å². The van der Waals surface area contributed by atoms with Crippen LogP contribution in [0.4, 0.5) is 4.79 Å². The van der Waals surface area contributed by atoms with Gasteiger partial charge in [0.1, 0.15) is 6.04 Å². The van der Waals surface area contributed by atoms with Gasteiger partial charge in [-0.2, -0.15) is 0 Å². The first-order valence-corrected chi connectivity index (χ1v) is 5.75. The van der Waals surface area contributed by atoms with Gasteiger partial charge in [-0.3, -0.25) is 0 Å². The summed E-state index contributed by atoms with van der Waals surface area (Å²) >= 11 is 0. The molecule has 1 rings (SSSR count). The Morgan fingerprint density at radius 1 is 1.28 bits per heavy atom. The van der Waals surface area contributed by atoms with E-state index in [1.807, 2.05) is 30.3 Å². The minimum absolute atomic E-state index is 0.374. The highest BCUT2D eigenvalue weighted by atomic mass is 16.4. The molecular weight excluding hydrogens is 232 g/mol. The fourth-order valence-electron chi connectivity index (χ4n) is 1.49. The maximum atomic E-state index is 11.4. The van der Waals surface area contributed by atoms with E-state index in [4.69, 9.17) is 5.11 Å². The van der Waals surface area contributed by atoms with E-state index in [2.05, 4.69) is 5.32 Å². The molecule has 0 saturated heterocycles. The van der Waals surface area contributed by atoms with Crippen molar-refractivity contribution >= 4 is 12.0 Å². The lowest BCUT2D eigenvalue weighted by Crippen LogP contribution is -2.45. The van der Waals surface area contributed by atoms with E-state index >= 15 is 0 Å². The van der Waals surface area contributed by atoms with Gasteiger partial charge in [0.25, 0.3) is 0 Å². The van der Waals surface area contributed by atoms with E-state index in [1.165, 1.54) is 4.90 Å². The second kappa shape index (κ2) is 6.64. The van der Waals surface area contributed by atoms with Crippen LogP contribution in [0.15, 0.2) is 30.3 Å². The third-order valence-corrected chi connectivity index (χ3v) is 2.57. The Morgan fingerprint density at radius 3 is 2.39 bits per heavy atom. The Labute approximate surface area is 106 Å². The van der Waals surface area contributed by atoms with Gasteiger partial charge >= 0.3 is 12.0 Å². The number of carboxylic acids is 1. The molecular formula is C13H18N2O3. The zero-order valence-corrected chi connectivity index (χ0v) is 10.6. The number of aryl methyl sites for hydroxylation is 1. The van der Waals surface area contributed by atoms with E-state index in [0.717, 1.165) is 5.56 Å². The van der Waals surface area contributed by atoms with Crippen LogP contribution in [0.2, 0.25) is 0 Å². The third-order valence-electron chi connectivity index (χ3n) is 2.57. The Kier molecular flexibility index (Phi) is 5.17. The zero-order valence-electron chi connectivity index (χ0n) is 10.6. The molecule has 5 nitrogen and oxygen atoms in total. The van der Waals surface area contributed by atoms with Gasteiger partial charge in [0.15, 0.2) is 0 Å². The minimum atomic E-state index is -1.01. The van der Waals surface area contributed by atoms with E-state index in [-0.39, 0.29) is 0 Å². The van der Waals surface area contributed by atoms with Crippen molar-refractivity contribution < 1.29 is 14.7 Å². The van der Waals surface area contributed by atoms with Crippen LogP contribution in [0.3, 0.4) is 0 Å². The van der Waals surface area contributed by atoms with Crippen LogP contribution in [0.5, 0.6) is 0 Å². The van der Waals surface area contributed by atoms with Crippen LogP contribution < -0.4 is 5.32 Å². The Balaban J connectivity index is 2.54. The zero-order chi connectivity index (χ0) is 13.5. The number of hydrogen-bond acceptors (Lipinski definition) is 2. The number of nitrogens with zero attached hydrogens (tertiary/aromatic N) is 1. The van der Waals surface area contributed by atoms with Crippen molar-refractivity contribution in [2.24, 2.45) is 0 Å². The molecule has 5 heteroatoms. The Morgan fingerprint density at radius 2 is 1.89 bits per heavy atom. The number of carbonyl (C=O) groups is 2. The van der Waals surface area contributed by atoms with Gasteiger partial charge < -0.3 is 15.3 Å². The van der Waals surface area contributed by atoms with Gasteiger partial charge in [-0.05, 0) is 18.4 Å². The summed E-state index contributed by atoms with van der Waals surface area (Å²) in [5.41, 5.74) is 1.06. The topological polar surface area (TPSA) is 69.6 Å². The largest absolute Gasteiger partial charge is 0.480 e. The number of benzene rings is 1. The average Bonchev–Trinajstić information content (AvgIpc) is 2.34. The standard InChI is InChI=1S/C13H18N2O3/c1-15(2)13(18)14-11(12(16)17)9-8-10-6-4-3-5-7-10/h3-7,11H,8-9H2,1-2H3,(H,14,18)(H,16,17)/t11-/m0/s1. The van der Waals surface area contributed by atoms with E-state index in [9.17, 15) is 9.59 Å². The summed E-state index contributed by atoms with van der Waals surface area (Å²) in [5, 5.41) is 11.5. The molecule has 1 aromatic rings. The molecule has 0 aliphatic carbocycles. The summed E-state index contributed by atoms with van der Waals surface area (Å²) in [7, 11) is 3.15.